The molecule has 0 aromatic heterocycles. The third kappa shape index (κ3) is 3.42. The average Bonchev–Trinajstić information content (AvgIpc) is 3.47. The Hall–Kier alpha value is -5.20. The first-order chi connectivity index (χ1) is 24.8. The fraction of sp³-hybridized carbons (Fsp3) is 0.200. The maximum Gasteiger partial charge on any atom is 0.0278 e. The molecule has 8 aromatic carbocycles. The monoisotopic (exact) mass is 638 g/mol. The minimum absolute atomic E-state index is 0.101. The molecule has 4 saturated carbocycles. The Kier molecular flexibility index (Phi) is 5.49. The topological polar surface area (TPSA) is 0 Å². The highest BCUT2D eigenvalue weighted by atomic mass is 14.6. The molecule has 0 N–H and O–H groups in total. The molecule has 0 heteroatoms. The van der Waals surface area contributed by atoms with Crippen molar-refractivity contribution in [3.8, 4) is 33.4 Å². The molecular weight excluding hydrogens is 601 g/mol. The molecule has 238 valence electrons. The minimum Gasteiger partial charge on any atom is -0.0616 e. The molecule has 0 heterocycles. The lowest BCUT2D eigenvalue weighted by Gasteiger charge is -2.61. The highest BCUT2D eigenvalue weighted by Gasteiger charge is 2.62. The van der Waals surface area contributed by atoms with E-state index in [1.807, 2.05) is 0 Å². The molecule has 0 unspecified atom stereocenters. The van der Waals surface area contributed by atoms with Crippen LogP contribution in [0.2, 0.25) is 0 Å². The molecule has 13 rings (SSSR count). The van der Waals surface area contributed by atoms with Gasteiger partial charge in [-0.15, -0.1) is 0 Å². The molecule has 0 atom stereocenters. The molecule has 1 spiro atoms. The number of benzene rings is 8. The van der Waals surface area contributed by atoms with Crippen molar-refractivity contribution >= 4 is 43.1 Å². The summed E-state index contributed by atoms with van der Waals surface area (Å²) in [5.41, 5.74) is 11.8. The normalized spacial score (nSPS) is 24.5. The SMILES string of the molecule is c1cc(-c2c3ccccc3c(-c3cccc4ccccc34)c3ccccc23)c2c(c1)C1(c3c-2ccc2ccccc32)C2CC3CC(C2)CC1C3. The molecule has 5 aliphatic carbocycles. The van der Waals surface area contributed by atoms with Crippen LogP contribution >= 0.6 is 0 Å². The van der Waals surface area contributed by atoms with Gasteiger partial charge in [-0.05, 0) is 143 Å². The lowest BCUT2D eigenvalue weighted by Crippen LogP contribution is -2.55. The molecule has 50 heavy (non-hydrogen) atoms. The minimum atomic E-state index is 0.101. The first-order valence-corrected chi connectivity index (χ1v) is 18.9. The molecule has 0 saturated heterocycles. The first-order valence-electron chi connectivity index (χ1n) is 18.9. The fourth-order valence-corrected chi connectivity index (χ4v) is 12.4. The summed E-state index contributed by atoms with van der Waals surface area (Å²) >= 11 is 0. The quantitative estimate of drug-likeness (QED) is 0.165. The first kappa shape index (κ1) is 27.6. The van der Waals surface area contributed by atoms with Crippen molar-refractivity contribution in [3.05, 3.63) is 157 Å². The van der Waals surface area contributed by atoms with Crippen LogP contribution in [0.5, 0.6) is 0 Å². The van der Waals surface area contributed by atoms with E-state index in [-0.39, 0.29) is 5.41 Å². The lowest BCUT2D eigenvalue weighted by atomic mass is 9.43. The van der Waals surface area contributed by atoms with Crippen LogP contribution in [-0.2, 0) is 5.41 Å². The fourth-order valence-electron chi connectivity index (χ4n) is 12.4. The summed E-state index contributed by atoms with van der Waals surface area (Å²) in [6.45, 7) is 0. The van der Waals surface area contributed by atoms with Crippen molar-refractivity contribution in [1.82, 2.24) is 0 Å². The van der Waals surface area contributed by atoms with Crippen LogP contribution in [0.15, 0.2) is 146 Å². The predicted octanol–water partition coefficient (Wildman–Crippen LogP) is 13.4. The number of hydrogen-bond donors (Lipinski definition) is 0. The lowest BCUT2D eigenvalue weighted by molar-refractivity contribution is -0.0393. The Morgan fingerprint density at radius 2 is 0.820 bits per heavy atom. The zero-order chi connectivity index (χ0) is 32.6. The maximum absolute atomic E-state index is 2.56. The standard InChI is InChI=1S/C50H38/c1-3-14-36-32(11-1)13-9-20-38(36)46-39-16-5-7-18-41(39)47(42-19-8-6-17-40(42)46)43-21-10-22-45-48(43)44-24-23-33-12-2-4-15-37(33)49(44)50(45)34-26-30-25-31(28-34)29-35(50)27-30/h1-24,30-31,34-35H,25-29H2. The van der Waals surface area contributed by atoms with Crippen molar-refractivity contribution in [2.45, 2.75) is 37.5 Å². The van der Waals surface area contributed by atoms with Crippen molar-refractivity contribution in [2.75, 3.05) is 0 Å². The van der Waals surface area contributed by atoms with E-state index in [0.29, 0.717) is 0 Å². The van der Waals surface area contributed by atoms with Crippen LogP contribution in [0.1, 0.15) is 43.2 Å². The Morgan fingerprint density at radius 3 is 1.46 bits per heavy atom. The van der Waals surface area contributed by atoms with E-state index in [0.717, 1.165) is 23.7 Å². The number of hydrogen-bond acceptors (Lipinski definition) is 0. The highest BCUT2D eigenvalue weighted by Crippen LogP contribution is 2.71. The van der Waals surface area contributed by atoms with Crippen LogP contribution < -0.4 is 0 Å². The second-order valence-corrected chi connectivity index (χ2v) is 16.0. The van der Waals surface area contributed by atoms with Crippen molar-refractivity contribution in [2.24, 2.45) is 23.7 Å². The van der Waals surface area contributed by atoms with Crippen LogP contribution in [0.4, 0.5) is 0 Å². The molecule has 8 aromatic rings. The Balaban J connectivity index is 1.22. The molecule has 4 fully saturated rings. The van der Waals surface area contributed by atoms with Crippen molar-refractivity contribution in [3.63, 3.8) is 0 Å². The van der Waals surface area contributed by atoms with Gasteiger partial charge in [0.15, 0.2) is 0 Å². The molecule has 0 amide bonds. The third-order valence-electron chi connectivity index (χ3n) is 13.8. The van der Waals surface area contributed by atoms with Gasteiger partial charge in [-0.3, -0.25) is 0 Å². The van der Waals surface area contributed by atoms with E-state index in [4.69, 9.17) is 0 Å². The van der Waals surface area contributed by atoms with Gasteiger partial charge in [0.1, 0.15) is 0 Å². The molecular formula is C50H38. The van der Waals surface area contributed by atoms with Gasteiger partial charge in [-0.2, -0.15) is 0 Å². The summed E-state index contributed by atoms with van der Waals surface area (Å²) in [4.78, 5) is 0. The Labute approximate surface area is 293 Å². The molecule has 4 bridgehead atoms. The molecule has 0 radical (unpaired) electrons. The number of rotatable bonds is 2. The van der Waals surface area contributed by atoms with E-state index in [9.17, 15) is 0 Å². The van der Waals surface area contributed by atoms with Gasteiger partial charge in [-0.25, -0.2) is 0 Å². The van der Waals surface area contributed by atoms with Crippen molar-refractivity contribution < 1.29 is 0 Å². The second kappa shape index (κ2) is 9.95. The largest absolute Gasteiger partial charge is 0.0616 e. The Morgan fingerprint density at radius 1 is 0.340 bits per heavy atom. The molecule has 0 nitrogen and oxygen atoms in total. The van der Waals surface area contributed by atoms with E-state index in [1.54, 1.807) is 11.1 Å². The predicted molar refractivity (Wildman–Crippen MR) is 211 cm³/mol. The summed E-state index contributed by atoms with van der Waals surface area (Å²) in [5, 5.41) is 10.8. The molecule has 5 aliphatic rings. The van der Waals surface area contributed by atoms with Gasteiger partial charge < -0.3 is 0 Å². The Bertz CT molecular complexity index is 2640. The third-order valence-corrected chi connectivity index (χ3v) is 13.8. The van der Waals surface area contributed by atoms with Gasteiger partial charge in [-0.1, -0.05) is 146 Å². The van der Waals surface area contributed by atoms with Crippen LogP contribution in [0.25, 0.3) is 76.5 Å². The molecule has 0 aliphatic heterocycles. The summed E-state index contributed by atoms with van der Waals surface area (Å²) in [5.74, 6) is 3.29. The highest BCUT2D eigenvalue weighted by molar-refractivity contribution is 6.24. The number of fused-ring (bicyclic) bond motifs is 8. The second-order valence-electron chi connectivity index (χ2n) is 16.0. The van der Waals surface area contributed by atoms with Gasteiger partial charge in [0.05, 0.1) is 0 Å². The summed E-state index contributed by atoms with van der Waals surface area (Å²) < 4.78 is 0. The zero-order valence-corrected chi connectivity index (χ0v) is 28.2. The van der Waals surface area contributed by atoms with Gasteiger partial charge >= 0.3 is 0 Å². The van der Waals surface area contributed by atoms with Crippen LogP contribution in [0.3, 0.4) is 0 Å². The van der Waals surface area contributed by atoms with Crippen molar-refractivity contribution in [1.29, 1.82) is 0 Å². The summed E-state index contributed by atoms with van der Waals surface area (Å²) in [6.07, 6.45) is 7.05. The zero-order valence-electron chi connectivity index (χ0n) is 28.2. The van der Waals surface area contributed by atoms with E-state index in [1.165, 1.54) is 109 Å². The van der Waals surface area contributed by atoms with Gasteiger partial charge in [0.2, 0.25) is 0 Å². The average molecular weight is 639 g/mol. The summed E-state index contributed by atoms with van der Waals surface area (Å²) in [7, 11) is 0. The van der Waals surface area contributed by atoms with Gasteiger partial charge in [0, 0.05) is 5.41 Å². The summed E-state index contributed by atoms with van der Waals surface area (Å²) in [6, 6.07) is 55.8. The smallest absolute Gasteiger partial charge is 0.0278 e. The van der Waals surface area contributed by atoms with Crippen LogP contribution in [0, 0.1) is 23.7 Å². The van der Waals surface area contributed by atoms with E-state index in [2.05, 4.69) is 146 Å². The van der Waals surface area contributed by atoms with Gasteiger partial charge in [0.25, 0.3) is 0 Å². The van der Waals surface area contributed by atoms with E-state index < -0.39 is 0 Å². The maximum atomic E-state index is 2.56. The van der Waals surface area contributed by atoms with E-state index >= 15 is 0 Å². The van der Waals surface area contributed by atoms with Crippen LogP contribution in [-0.4, -0.2) is 0 Å².